The molecule has 0 bridgehead atoms. The maximum atomic E-state index is 13.8. The third-order valence-corrected chi connectivity index (χ3v) is 6.65. The van der Waals surface area contributed by atoms with Gasteiger partial charge in [-0.05, 0) is 50.3 Å². The highest BCUT2D eigenvalue weighted by Gasteiger charge is 2.55. The van der Waals surface area contributed by atoms with E-state index < -0.39 is 11.2 Å². The summed E-state index contributed by atoms with van der Waals surface area (Å²) in [6.07, 6.45) is 2.70. The number of anilines is 1. The maximum absolute atomic E-state index is 13.8. The summed E-state index contributed by atoms with van der Waals surface area (Å²) in [5.41, 5.74) is 0.195. The molecule has 30 heavy (non-hydrogen) atoms. The Bertz CT molecular complexity index is 939. The van der Waals surface area contributed by atoms with Crippen LogP contribution in [0.3, 0.4) is 0 Å². The number of nitrogens with one attached hydrogen (secondary N) is 1. The smallest absolute Gasteiger partial charge is 0.233 e. The third-order valence-electron chi connectivity index (χ3n) is 6.65. The normalized spacial score (nSPS) is 26.5. The minimum atomic E-state index is -0.713. The Balaban J connectivity index is 1.38. The first-order chi connectivity index (χ1) is 14.3. The quantitative estimate of drug-likeness (QED) is 0.747. The van der Waals surface area contributed by atoms with E-state index in [0.717, 1.165) is 12.8 Å². The number of rotatable bonds is 5. The number of halogens is 1. The summed E-state index contributed by atoms with van der Waals surface area (Å²) >= 11 is 0. The number of imide groups is 1. The van der Waals surface area contributed by atoms with Gasteiger partial charge in [-0.1, -0.05) is 0 Å². The Kier molecular flexibility index (Phi) is 5.22. The van der Waals surface area contributed by atoms with Gasteiger partial charge < -0.3 is 9.80 Å². The van der Waals surface area contributed by atoms with E-state index in [0.29, 0.717) is 31.7 Å². The Morgan fingerprint density at radius 3 is 2.67 bits per heavy atom. The number of carbonyl (C=O) groups excluding carboxylic acids is 3. The van der Waals surface area contributed by atoms with E-state index in [2.05, 4.69) is 5.32 Å². The molecule has 7 nitrogen and oxygen atoms in total. The van der Waals surface area contributed by atoms with Crippen molar-refractivity contribution < 1.29 is 18.8 Å². The van der Waals surface area contributed by atoms with Crippen LogP contribution in [0.2, 0.25) is 0 Å². The van der Waals surface area contributed by atoms with Gasteiger partial charge in [0.2, 0.25) is 17.7 Å². The fraction of sp³-hybridized carbons (Fsp3) is 0.545. The molecule has 2 heterocycles. The molecular formula is C22H25FN4O3. The predicted octanol–water partition coefficient (Wildman–Crippen LogP) is 1.96. The molecule has 1 aromatic rings. The van der Waals surface area contributed by atoms with Crippen molar-refractivity contribution in [2.45, 2.75) is 45.1 Å². The van der Waals surface area contributed by atoms with E-state index in [1.54, 1.807) is 11.0 Å². The van der Waals surface area contributed by atoms with Crippen molar-refractivity contribution in [2.75, 3.05) is 24.5 Å². The lowest BCUT2D eigenvalue weighted by Crippen LogP contribution is -2.54. The molecule has 3 amide bonds. The average molecular weight is 412 g/mol. The Morgan fingerprint density at radius 1 is 1.30 bits per heavy atom. The standard InChI is InChI=1S/C22H25FN4O3/c1-14-13-26(6-7-27(14)18-9-15(12-24)8-17(23)10-18)20(29)4-5-22(16-2-3-16)11-19(28)25-21(22)30/h8-10,14,16H,2-7,11,13H2,1H3,(H,25,28,30)/t14-,22?/m0/s1. The molecule has 1 saturated carbocycles. The van der Waals surface area contributed by atoms with Crippen molar-refractivity contribution in [3.8, 4) is 6.07 Å². The van der Waals surface area contributed by atoms with Gasteiger partial charge in [0.25, 0.3) is 0 Å². The van der Waals surface area contributed by atoms with E-state index in [-0.39, 0.29) is 48.1 Å². The molecule has 1 aliphatic carbocycles. The molecule has 3 aliphatic rings. The maximum Gasteiger partial charge on any atom is 0.233 e. The number of carbonyl (C=O) groups is 3. The number of nitriles is 1. The van der Waals surface area contributed by atoms with Gasteiger partial charge in [0.15, 0.2) is 0 Å². The van der Waals surface area contributed by atoms with Crippen molar-refractivity contribution in [3.05, 3.63) is 29.6 Å². The fourth-order valence-electron chi connectivity index (χ4n) is 4.89. The Labute approximate surface area is 174 Å². The first-order valence-electron chi connectivity index (χ1n) is 10.4. The summed E-state index contributed by atoms with van der Waals surface area (Å²) in [4.78, 5) is 40.8. The molecule has 158 valence electrons. The first kappa shape index (κ1) is 20.3. The SMILES string of the molecule is C[C@H]1CN(C(=O)CCC2(C3CC3)CC(=O)NC2=O)CCN1c1cc(F)cc(C#N)c1. The number of hydrogen-bond acceptors (Lipinski definition) is 5. The van der Waals surface area contributed by atoms with Crippen LogP contribution in [0.4, 0.5) is 10.1 Å². The van der Waals surface area contributed by atoms with Crippen LogP contribution in [-0.4, -0.2) is 48.3 Å². The first-order valence-corrected chi connectivity index (χ1v) is 10.4. The lowest BCUT2D eigenvalue weighted by molar-refractivity contribution is -0.134. The molecule has 1 N–H and O–H groups in total. The lowest BCUT2D eigenvalue weighted by atomic mass is 9.76. The largest absolute Gasteiger partial charge is 0.365 e. The molecule has 2 atom stereocenters. The van der Waals surface area contributed by atoms with Gasteiger partial charge in [0.1, 0.15) is 5.82 Å². The van der Waals surface area contributed by atoms with Crippen molar-refractivity contribution in [1.82, 2.24) is 10.2 Å². The molecule has 8 heteroatoms. The molecule has 1 aromatic carbocycles. The molecular weight excluding hydrogens is 387 g/mol. The molecule has 0 aromatic heterocycles. The van der Waals surface area contributed by atoms with Crippen LogP contribution in [-0.2, 0) is 14.4 Å². The van der Waals surface area contributed by atoms with Crippen molar-refractivity contribution >= 4 is 23.4 Å². The van der Waals surface area contributed by atoms with E-state index >= 15 is 0 Å². The molecule has 0 radical (unpaired) electrons. The van der Waals surface area contributed by atoms with Crippen LogP contribution in [0.15, 0.2) is 18.2 Å². The van der Waals surface area contributed by atoms with Crippen LogP contribution < -0.4 is 10.2 Å². The molecule has 0 spiro atoms. The van der Waals surface area contributed by atoms with Crippen molar-refractivity contribution in [1.29, 1.82) is 5.26 Å². The number of amides is 3. The van der Waals surface area contributed by atoms with E-state index in [9.17, 15) is 18.8 Å². The van der Waals surface area contributed by atoms with Crippen molar-refractivity contribution in [2.24, 2.45) is 11.3 Å². The third kappa shape index (κ3) is 3.76. The number of benzene rings is 1. The lowest BCUT2D eigenvalue weighted by Gasteiger charge is -2.41. The summed E-state index contributed by atoms with van der Waals surface area (Å²) in [7, 11) is 0. The van der Waals surface area contributed by atoms with Crippen molar-refractivity contribution in [3.63, 3.8) is 0 Å². The highest BCUT2D eigenvalue weighted by molar-refractivity contribution is 6.06. The summed E-state index contributed by atoms with van der Waals surface area (Å²) in [5.74, 6) is -0.737. The minimum absolute atomic E-state index is 0.0226. The van der Waals surface area contributed by atoms with Gasteiger partial charge in [-0.25, -0.2) is 4.39 Å². The molecule has 3 fully saturated rings. The van der Waals surface area contributed by atoms with E-state index in [4.69, 9.17) is 5.26 Å². The summed E-state index contributed by atoms with van der Waals surface area (Å²) in [5, 5.41) is 11.5. The zero-order valence-corrected chi connectivity index (χ0v) is 17.0. The van der Waals surface area contributed by atoms with Crippen LogP contribution in [0.1, 0.15) is 44.6 Å². The average Bonchev–Trinajstić information content (AvgIpc) is 3.51. The zero-order valence-electron chi connectivity index (χ0n) is 17.0. The predicted molar refractivity (Wildman–Crippen MR) is 107 cm³/mol. The molecule has 4 rings (SSSR count). The van der Waals surface area contributed by atoms with Gasteiger partial charge in [0, 0.05) is 44.2 Å². The van der Waals surface area contributed by atoms with Crippen LogP contribution in [0.5, 0.6) is 0 Å². The minimum Gasteiger partial charge on any atom is -0.365 e. The fourth-order valence-corrected chi connectivity index (χ4v) is 4.89. The Hall–Kier alpha value is -2.95. The van der Waals surface area contributed by atoms with Crippen LogP contribution in [0, 0.1) is 28.5 Å². The summed E-state index contributed by atoms with van der Waals surface area (Å²) < 4.78 is 13.8. The molecule has 1 unspecified atom stereocenters. The molecule has 2 saturated heterocycles. The summed E-state index contributed by atoms with van der Waals surface area (Å²) in [6.45, 7) is 3.47. The Morgan fingerprint density at radius 2 is 2.07 bits per heavy atom. The topological polar surface area (TPSA) is 93.5 Å². The van der Waals surface area contributed by atoms with Gasteiger partial charge in [-0.15, -0.1) is 0 Å². The zero-order chi connectivity index (χ0) is 21.5. The number of hydrogen-bond donors (Lipinski definition) is 1. The highest BCUT2D eigenvalue weighted by atomic mass is 19.1. The van der Waals surface area contributed by atoms with Gasteiger partial charge in [-0.3, -0.25) is 19.7 Å². The number of piperazine rings is 1. The summed E-state index contributed by atoms with van der Waals surface area (Å²) in [6, 6.07) is 6.20. The highest BCUT2D eigenvalue weighted by Crippen LogP contribution is 2.52. The van der Waals surface area contributed by atoms with Crippen LogP contribution in [0.25, 0.3) is 0 Å². The van der Waals surface area contributed by atoms with Gasteiger partial charge in [0.05, 0.1) is 17.0 Å². The van der Waals surface area contributed by atoms with E-state index in [1.165, 1.54) is 12.1 Å². The second-order valence-electron chi connectivity index (χ2n) is 8.68. The van der Waals surface area contributed by atoms with Gasteiger partial charge >= 0.3 is 0 Å². The van der Waals surface area contributed by atoms with Gasteiger partial charge in [-0.2, -0.15) is 5.26 Å². The van der Waals surface area contributed by atoms with Crippen LogP contribution >= 0.6 is 0 Å². The van der Waals surface area contributed by atoms with E-state index in [1.807, 2.05) is 17.9 Å². The second-order valence-corrected chi connectivity index (χ2v) is 8.68. The molecule has 2 aliphatic heterocycles. The number of nitrogens with zero attached hydrogens (tertiary/aromatic N) is 3. The monoisotopic (exact) mass is 412 g/mol. The second kappa shape index (κ2) is 7.71.